The number of benzene rings is 2. The Kier molecular flexibility index (Phi) is 3.18. The maximum Gasteiger partial charge on any atom is 0.263 e. The van der Waals surface area contributed by atoms with Gasteiger partial charge in [-0.25, -0.2) is 0 Å². The second kappa shape index (κ2) is 4.90. The summed E-state index contributed by atoms with van der Waals surface area (Å²) in [5, 5.41) is 11.0. The fourth-order valence-electron chi connectivity index (χ4n) is 2.83. The molecule has 2 aromatic carbocycles. The van der Waals surface area contributed by atoms with E-state index in [-0.39, 0.29) is 12.3 Å². The summed E-state index contributed by atoms with van der Waals surface area (Å²) < 4.78 is 5.21. The number of nitrogens with zero attached hydrogens (tertiary/aromatic N) is 1. The number of carbonyl (C=O) groups is 1. The summed E-state index contributed by atoms with van der Waals surface area (Å²) >= 11 is 0. The molecule has 3 rings (SSSR count). The van der Waals surface area contributed by atoms with Crippen LogP contribution in [0.4, 0.5) is 5.69 Å². The highest BCUT2D eigenvalue weighted by molar-refractivity contribution is 6.06. The monoisotopic (exact) mass is 283 g/mol. The van der Waals surface area contributed by atoms with Gasteiger partial charge in [-0.15, -0.1) is 0 Å². The van der Waals surface area contributed by atoms with Crippen LogP contribution in [0.25, 0.3) is 0 Å². The van der Waals surface area contributed by atoms with Crippen LogP contribution >= 0.6 is 0 Å². The summed E-state index contributed by atoms with van der Waals surface area (Å²) in [5.41, 5.74) is 0.690. The van der Waals surface area contributed by atoms with E-state index in [9.17, 15) is 9.90 Å². The van der Waals surface area contributed by atoms with E-state index in [1.165, 1.54) is 4.90 Å². The van der Waals surface area contributed by atoms with Crippen molar-refractivity contribution in [2.75, 3.05) is 19.1 Å². The van der Waals surface area contributed by atoms with Gasteiger partial charge < -0.3 is 14.7 Å². The second-order valence-corrected chi connectivity index (χ2v) is 5.27. The molecule has 0 saturated carbocycles. The molecule has 1 atom stereocenters. The molecule has 1 unspecified atom stereocenters. The lowest BCUT2D eigenvalue weighted by Crippen LogP contribution is -2.40. The Morgan fingerprint density at radius 1 is 1.19 bits per heavy atom. The van der Waals surface area contributed by atoms with Gasteiger partial charge in [0.2, 0.25) is 0 Å². The standard InChI is InChI=1S/C17H17NO3/c1-18-15-9-8-13(21-2)10-14(15)17(20,16(18)19)11-12-6-4-3-5-7-12/h3-10,20H,11H2,1-2H3. The van der Waals surface area contributed by atoms with Crippen molar-refractivity contribution in [1.82, 2.24) is 0 Å². The molecule has 0 spiro atoms. The predicted molar refractivity (Wildman–Crippen MR) is 80.4 cm³/mol. The number of methoxy groups -OCH3 is 1. The second-order valence-electron chi connectivity index (χ2n) is 5.27. The molecule has 0 fully saturated rings. The minimum absolute atomic E-state index is 0.247. The zero-order valence-corrected chi connectivity index (χ0v) is 12.0. The first kappa shape index (κ1) is 13.6. The number of hydrogen-bond donors (Lipinski definition) is 1. The van der Waals surface area contributed by atoms with Crippen molar-refractivity contribution in [2.24, 2.45) is 0 Å². The van der Waals surface area contributed by atoms with Crippen molar-refractivity contribution in [3.05, 3.63) is 59.7 Å². The lowest BCUT2D eigenvalue weighted by Gasteiger charge is -2.22. The molecule has 0 bridgehead atoms. The topological polar surface area (TPSA) is 49.8 Å². The summed E-state index contributed by atoms with van der Waals surface area (Å²) in [6.45, 7) is 0. The number of anilines is 1. The summed E-state index contributed by atoms with van der Waals surface area (Å²) in [5.74, 6) is 0.318. The molecule has 1 heterocycles. The van der Waals surface area contributed by atoms with E-state index in [1.54, 1.807) is 32.4 Å². The summed E-state index contributed by atoms with van der Waals surface area (Å²) in [7, 11) is 3.25. The van der Waals surface area contributed by atoms with Gasteiger partial charge in [0.05, 0.1) is 12.8 Å². The van der Waals surface area contributed by atoms with Crippen molar-refractivity contribution < 1.29 is 14.6 Å². The van der Waals surface area contributed by atoms with Crippen LogP contribution in [0.3, 0.4) is 0 Å². The van der Waals surface area contributed by atoms with Crippen molar-refractivity contribution in [3.63, 3.8) is 0 Å². The molecule has 1 aliphatic heterocycles. The first-order valence-electron chi connectivity index (χ1n) is 6.79. The fraction of sp³-hybridized carbons (Fsp3) is 0.235. The SMILES string of the molecule is COc1ccc2c(c1)C(O)(Cc1ccccc1)C(=O)N2C. The van der Waals surface area contributed by atoms with Gasteiger partial charge in [0.15, 0.2) is 5.60 Å². The third-order valence-electron chi connectivity index (χ3n) is 3.97. The Bertz CT molecular complexity index is 684. The number of aliphatic hydroxyl groups is 1. The molecule has 1 aliphatic rings. The number of ether oxygens (including phenoxy) is 1. The molecule has 0 radical (unpaired) electrons. The number of carbonyl (C=O) groups excluding carboxylic acids is 1. The highest BCUT2D eigenvalue weighted by Crippen LogP contribution is 2.43. The predicted octanol–water partition coefficient (Wildman–Crippen LogP) is 2.10. The Labute approximate surface area is 123 Å². The maximum atomic E-state index is 12.5. The van der Waals surface area contributed by atoms with E-state index in [0.717, 1.165) is 11.3 Å². The Morgan fingerprint density at radius 2 is 1.90 bits per heavy atom. The van der Waals surface area contributed by atoms with Crippen molar-refractivity contribution >= 4 is 11.6 Å². The van der Waals surface area contributed by atoms with E-state index in [2.05, 4.69) is 0 Å². The molecule has 1 amide bonds. The fourth-order valence-corrected chi connectivity index (χ4v) is 2.83. The molecule has 0 saturated heterocycles. The molecule has 108 valence electrons. The third-order valence-corrected chi connectivity index (χ3v) is 3.97. The normalized spacial score (nSPS) is 20.5. The molecule has 21 heavy (non-hydrogen) atoms. The molecule has 2 aromatic rings. The molecule has 4 heteroatoms. The Balaban J connectivity index is 2.08. The van der Waals surface area contributed by atoms with Crippen LogP contribution < -0.4 is 9.64 Å². The van der Waals surface area contributed by atoms with Crippen LogP contribution in [0.2, 0.25) is 0 Å². The highest BCUT2D eigenvalue weighted by atomic mass is 16.5. The van der Waals surface area contributed by atoms with Crippen LogP contribution in [0, 0.1) is 0 Å². The van der Waals surface area contributed by atoms with Gasteiger partial charge in [0, 0.05) is 19.0 Å². The van der Waals surface area contributed by atoms with Gasteiger partial charge in [-0.05, 0) is 23.8 Å². The molecule has 0 aromatic heterocycles. The highest BCUT2D eigenvalue weighted by Gasteiger charge is 2.48. The molecular weight excluding hydrogens is 266 g/mol. The third kappa shape index (κ3) is 2.08. The smallest absolute Gasteiger partial charge is 0.263 e. The molecule has 0 aliphatic carbocycles. The van der Waals surface area contributed by atoms with E-state index in [4.69, 9.17) is 4.74 Å². The molecule has 4 nitrogen and oxygen atoms in total. The summed E-state index contributed by atoms with van der Waals surface area (Å²) in [4.78, 5) is 14.0. The number of amides is 1. The summed E-state index contributed by atoms with van der Waals surface area (Å²) in [6, 6.07) is 14.8. The maximum absolute atomic E-state index is 12.5. The average Bonchev–Trinajstić information content (AvgIpc) is 2.70. The number of rotatable bonds is 3. The summed E-state index contributed by atoms with van der Waals surface area (Å²) in [6.07, 6.45) is 0.247. The van der Waals surface area contributed by atoms with E-state index < -0.39 is 5.60 Å². The molecule has 1 N–H and O–H groups in total. The minimum atomic E-state index is -1.54. The van der Waals surface area contributed by atoms with E-state index >= 15 is 0 Å². The van der Waals surface area contributed by atoms with Crippen molar-refractivity contribution in [3.8, 4) is 5.75 Å². The van der Waals surface area contributed by atoms with Crippen LogP contribution in [0.5, 0.6) is 5.75 Å². The average molecular weight is 283 g/mol. The van der Waals surface area contributed by atoms with Gasteiger partial charge in [0.25, 0.3) is 5.91 Å². The number of hydrogen-bond acceptors (Lipinski definition) is 3. The van der Waals surface area contributed by atoms with E-state index in [1.807, 2.05) is 30.3 Å². The largest absolute Gasteiger partial charge is 0.497 e. The van der Waals surface area contributed by atoms with Crippen LogP contribution in [0.15, 0.2) is 48.5 Å². The quantitative estimate of drug-likeness (QED) is 0.938. The van der Waals surface area contributed by atoms with Crippen molar-refractivity contribution in [2.45, 2.75) is 12.0 Å². The lowest BCUT2D eigenvalue weighted by molar-refractivity contribution is -0.135. The molecular formula is C17H17NO3. The zero-order valence-electron chi connectivity index (χ0n) is 12.0. The van der Waals surface area contributed by atoms with Crippen LogP contribution in [0.1, 0.15) is 11.1 Å². The number of fused-ring (bicyclic) bond motifs is 1. The lowest BCUT2D eigenvalue weighted by atomic mass is 9.88. The zero-order chi connectivity index (χ0) is 15.0. The van der Waals surface area contributed by atoms with Gasteiger partial charge in [-0.1, -0.05) is 30.3 Å². The number of likely N-dealkylation sites (N-methyl/N-ethyl adjacent to an activating group) is 1. The first-order chi connectivity index (χ1) is 10.1. The van der Waals surface area contributed by atoms with E-state index in [0.29, 0.717) is 11.3 Å². The Morgan fingerprint density at radius 3 is 2.57 bits per heavy atom. The van der Waals surface area contributed by atoms with Crippen LogP contribution in [-0.2, 0) is 16.8 Å². The van der Waals surface area contributed by atoms with Crippen LogP contribution in [-0.4, -0.2) is 25.2 Å². The van der Waals surface area contributed by atoms with Gasteiger partial charge in [-0.2, -0.15) is 0 Å². The van der Waals surface area contributed by atoms with Gasteiger partial charge in [0.1, 0.15) is 5.75 Å². The van der Waals surface area contributed by atoms with Crippen molar-refractivity contribution in [1.29, 1.82) is 0 Å². The minimum Gasteiger partial charge on any atom is -0.497 e. The Hall–Kier alpha value is -2.33. The first-order valence-corrected chi connectivity index (χ1v) is 6.79. The van der Waals surface area contributed by atoms with Gasteiger partial charge in [-0.3, -0.25) is 4.79 Å². The van der Waals surface area contributed by atoms with Gasteiger partial charge >= 0.3 is 0 Å².